The van der Waals surface area contributed by atoms with E-state index in [-0.39, 0.29) is 11.8 Å². The number of rotatable bonds is 6. The van der Waals surface area contributed by atoms with Crippen LogP contribution in [0.4, 0.5) is 11.4 Å². The lowest BCUT2D eigenvalue weighted by atomic mass is 10.2. The maximum absolute atomic E-state index is 12.0. The number of hydrogen-bond donors (Lipinski definition) is 2. The van der Waals surface area contributed by atoms with Crippen molar-refractivity contribution in [3.63, 3.8) is 0 Å². The zero-order chi connectivity index (χ0) is 15.8. The van der Waals surface area contributed by atoms with E-state index >= 15 is 0 Å². The van der Waals surface area contributed by atoms with Crippen LogP contribution in [0.1, 0.15) is 19.8 Å². The average molecular weight is 305 g/mol. The van der Waals surface area contributed by atoms with Crippen molar-refractivity contribution in [3.05, 3.63) is 24.3 Å². The van der Waals surface area contributed by atoms with E-state index in [1.807, 2.05) is 25.1 Å². The molecule has 0 spiro atoms. The largest absolute Gasteiger partial charge is 0.379 e. The molecule has 0 bridgehead atoms. The number of anilines is 2. The van der Waals surface area contributed by atoms with E-state index < -0.39 is 0 Å². The minimum Gasteiger partial charge on any atom is -0.379 e. The lowest BCUT2D eigenvalue weighted by Crippen LogP contribution is -2.41. The maximum atomic E-state index is 12.0. The summed E-state index contributed by atoms with van der Waals surface area (Å²) in [6.45, 7) is 5.22. The van der Waals surface area contributed by atoms with Crippen molar-refractivity contribution in [1.82, 2.24) is 4.90 Å². The maximum Gasteiger partial charge on any atom is 0.238 e. The molecule has 22 heavy (non-hydrogen) atoms. The summed E-state index contributed by atoms with van der Waals surface area (Å²) >= 11 is 0. The molecule has 1 aliphatic rings. The molecule has 120 valence electrons. The zero-order valence-electron chi connectivity index (χ0n) is 12.9. The molecule has 1 saturated heterocycles. The minimum absolute atomic E-state index is 0.0145. The number of carbonyl (C=O) groups excluding carboxylic acids is 2. The first-order valence-corrected chi connectivity index (χ1v) is 7.67. The number of morpholine rings is 1. The van der Waals surface area contributed by atoms with E-state index in [2.05, 4.69) is 15.5 Å². The minimum atomic E-state index is -0.0565. The molecule has 1 heterocycles. The third kappa shape index (κ3) is 5.46. The van der Waals surface area contributed by atoms with Gasteiger partial charge in [0.05, 0.1) is 19.8 Å². The van der Waals surface area contributed by atoms with E-state index in [9.17, 15) is 9.59 Å². The molecule has 0 radical (unpaired) electrons. The van der Waals surface area contributed by atoms with Crippen molar-refractivity contribution < 1.29 is 14.3 Å². The highest BCUT2D eigenvalue weighted by atomic mass is 16.5. The predicted octanol–water partition coefficient (Wildman–Crippen LogP) is 1.70. The van der Waals surface area contributed by atoms with Crippen LogP contribution in [-0.4, -0.2) is 49.6 Å². The van der Waals surface area contributed by atoms with E-state index in [0.717, 1.165) is 19.5 Å². The van der Waals surface area contributed by atoms with Crippen LogP contribution in [0.15, 0.2) is 24.3 Å². The van der Waals surface area contributed by atoms with Gasteiger partial charge in [0.25, 0.3) is 0 Å². The highest BCUT2D eigenvalue weighted by molar-refractivity contribution is 5.94. The Morgan fingerprint density at radius 3 is 2.41 bits per heavy atom. The summed E-state index contributed by atoms with van der Waals surface area (Å²) in [5.74, 6) is -0.0711. The topological polar surface area (TPSA) is 70.7 Å². The molecule has 0 saturated carbocycles. The molecule has 6 nitrogen and oxygen atoms in total. The Kier molecular flexibility index (Phi) is 6.36. The van der Waals surface area contributed by atoms with Gasteiger partial charge in [-0.05, 0) is 24.6 Å². The Balaban J connectivity index is 1.86. The molecule has 2 amide bonds. The summed E-state index contributed by atoms with van der Waals surface area (Å²) in [6, 6.07) is 7.20. The Bertz CT molecular complexity index is 513. The first kappa shape index (κ1) is 16.5. The van der Waals surface area contributed by atoms with Gasteiger partial charge in [0.15, 0.2) is 0 Å². The van der Waals surface area contributed by atoms with Gasteiger partial charge in [-0.3, -0.25) is 14.5 Å². The standard InChI is InChI=1S/C16H23N3O3/c1-2-4-15(20)17-13-5-3-6-14(11-13)18-16(21)12-19-7-9-22-10-8-19/h3,5-6,11H,2,4,7-10,12H2,1H3,(H,17,20)(H,18,21). The van der Waals surface area contributed by atoms with Crippen molar-refractivity contribution in [2.24, 2.45) is 0 Å². The van der Waals surface area contributed by atoms with Crippen LogP contribution in [0, 0.1) is 0 Å². The smallest absolute Gasteiger partial charge is 0.238 e. The van der Waals surface area contributed by atoms with Gasteiger partial charge >= 0.3 is 0 Å². The summed E-state index contributed by atoms with van der Waals surface area (Å²) in [7, 11) is 0. The monoisotopic (exact) mass is 305 g/mol. The van der Waals surface area contributed by atoms with Gasteiger partial charge in [-0.2, -0.15) is 0 Å². The van der Waals surface area contributed by atoms with Gasteiger partial charge in [-0.1, -0.05) is 13.0 Å². The van der Waals surface area contributed by atoms with Crippen LogP contribution in [0.3, 0.4) is 0 Å². The first-order valence-electron chi connectivity index (χ1n) is 7.67. The van der Waals surface area contributed by atoms with E-state index in [0.29, 0.717) is 37.6 Å². The molecule has 2 N–H and O–H groups in total. The van der Waals surface area contributed by atoms with Crippen molar-refractivity contribution >= 4 is 23.2 Å². The Morgan fingerprint density at radius 1 is 1.14 bits per heavy atom. The Hall–Kier alpha value is -1.92. The average Bonchev–Trinajstić information content (AvgIpc) is 2.48. The summed E-state index contributed by atoms with van der Waals surface area (Å²) in [4.78, 5) is 25.7. The fraction of sp³-hybridized carbons (Fsp3) is 0.500. The fourth-order valence-electron chi connectivity index (χ4n) is 2.29. The molecule has 1 aromatic carbocycles. The third-order valence-electron chi connectivity index (χ3n) is 3.38. The van der Waals surface area contributed by atoms with Gasteiger partial charge in [-0.15, -0.1) is 0 Å². The summed E-state index contributed by atoms with van der Waals surface area (Å²) < 4.78 is 5.26. The van der Waals surface area contributed by atoms with E-state index in [1.54, 1.807) is 6.07 Å². The van der Waals surface area contributed by atoms with Gasteiger partial charge in [-0.25, -0.2) is 0 Å². The second kappa shape index (κ2) is 8.51. The number of nitrogens with zero attached hydrogens (tertiary/aromatic N) is 1. The molecule has 1 aliphatic heterocycles. The van der Waals surface area contributed by atoms with Crippen molar-refractivity contribution in [2.45, 2.75) is 19.8 Å². The van der Waals surface area contributed by atoms with Crippen LogP contribution >= 0.6 is 0 Å². The number of nitrogens with one attached hydrogen (secondary N) is 2. The number of hydrogen-bond acceptors (Lipinski definition) is 4. The lowest BCUT2D eigenvalue weighted by molar-refractivity contribution is -0.118. The molecule has 1 fully saturated rings. The molecule has 6 heteroatoms. The quantitative estimate of drug-likeness (QED) is 0.839. The molecular formula is C16H23N3O3. The van der Waals surface area contributed by atoms with Crippen molar-refractivity contribution in [2.75, 3.05) is 43.5 Å². The number of benzene rings is 1. The molecule has 0 aromatic heterocycles. The van der Waals surface area contributed by atoms with Crippen LogP contribution in [0.5, 0.6) is 0 Å². The predicted molar refractivity (Wildman–Crippen MR) is 85.9 cm³/mol. The normalized spacial score (nSPS) is 15.3. The van der Waals surface area contributed by atoms with E-state index in [4.69, 9.17) is 4.74 Å². The second-order valence-electron chi connectivity index (χ2n) is 5.32. The lowest BCUT2D eigenvalue weighted by Gasteiger charge is -2.25. The van der Waals surface area contributed by atoms with Gasteiger partial charge in [0.2, 0.25) is 11.8 Å². The zero-order valence-corrected chi connectivity index (χ0v) is 12.9. The highest BCUT2D eigenvalue weighted by Crippen LogP contribution is 2.15. The van der Waals surface area contributed by atoms with Crippen LogP contribution in [0.2, 0.25) is 0 Å². The molecule has 0 atom stereocenters. The molecular weight excluding hydrogens is 282 g/mol. The van der Waals surface area contributed by atoms with E-state index in [1.165, 1.54) is 0 Å². The number of ether oxygens (including phenoxy) is 1. The van der Waals surface area contributed by atoms with Crippen LogP contribution in [0.25, 0.3) is 0 Å². The highest BCUT2D eigenvalue weighted by Gasteiger charge is 2.14. The first-order chi connectivity index (χ1) is 10.7. The number of carbonyl (C=O) groups is 2. The van der Waals surface area contributed by atoms with Crippen molar-refractivity contribution in [3.8, 4) is 0 Å². The SMILES string of the molecule is CCCC(=O)Nc1cccc(NC(=O)CN2CCOCC2)c1. The van der Waals surface area contributed by atoms with Crippen LogP contribution < -0.4 is 10.6 Å². The molecule has 2 rings (SSSR count). The molecule has 1 aromatic rings. The van der Waals surface area contributed by atoms with Gasteiger partial charge in [0.1, 0.15) is 0 Å². The number of amides is 2. The summed E-state index contributed by atoms with van der Waals surface area (Å²) in [5.41, 5.74) is 1.38. The second-order valence-corrected chi connectivity index (χ2v) is 5.32. The summed E-state index contributed by atoms with van der Waals surface area (Å²) in [6.07, 6.45) is 1.30. The Morgan fingerprint density at radius 2 is 1.77 bits per heavy atom. The molecule has 0 unspecified atom stereocenters. The van der Waals surface area contributed by atoms with Gasteiger partial charge in [0, 0.05) is 30.9 Å². The third-order valence-corrected chi connectivity index (χ3v) is 3.38. The summed E-state index contributed by atoms with van der Waals surface area (Å²) in [5, 5.41) is 5.68. The van der Waals surface area contributed by atoms with Crippen molar-refractivity contribution in [1.29, 1.82) is 0 Å². The van der Waals surface area contributed by atoms with Crippen LogP contribution in [-0.2, 0) is 14.3 Å². The molecule has 0 aliphatic carbocycles. The fourth-order valence-corrected chi connectivity index (χ4v) is 2.29. The van der Waals surface area contributed by atoms with Gasteiger partial charge < -0.3 is 15.4 Å². The Labute approximate surface area is 130 Å².